The van der Waals surface area contributed by atoms with Crippen LogP contribution in [0, 0.1) is 5.92 Å². The number of nitrogens with zero attached hydrogens (tertiary/aromatic N) is 3. The van der Waals surface area contributed by atoms with Crippen molar-refractivity contribution in [2.75, 3.05) is 0 Å². The Morgan fingerprint density at radius 2 is 1.64 bits per heavy atom. The third-order valence-electron chi connectivity index (χ3n) is 3.20. The second-order valence-electron chi connectivity index (χ2n) is 5.16. The molecule has 3 rings (SSSR count). The quantitative estimate of drug-likeness (QED) is 0.770. The van der Waals surface area contributed by atoms with Crippen LogP contribution in [0.5, 0.6) is 0 Å². The van der Waals surface area contributed by atoms with Gasteiger partial charge in [-0.3, -0.25) is 0 Å². The Morgan fingerprint density at radius 1 is 1.00 bits per heavy atom. The maximum atomic E-state index is 6.00. The first-order valence-corrected chi connectivity index (χ1v) is 6.83. The molecular weight excluding hydrogens is 284 g/mol. The lowest BCUT2D eigenvalue weighted by atomic mass is 10.1. The molecule has 0 radical (unpaired) electrons. The molecule has 3 aromatic heterocycles. The average molecular weight is 300 g/mol. The molecule has 0 aliphatic carbocycles. The van der Waals surface area contributed by atoms with Crippen LogP contribution in [0.2, 0.25) is 0 Å². The summed E-state index contributed by atoms with van der Waals surface area (Å²) in [6.45, 7) is 7.62. The fourth-order valence-electron chi connectivity index (χ4n) is 1.81. The Morgan fingerprint density at radius 3 is 2.32 bits per heavy atom. The maximum absolute atomic E-state index is 6.00. The fraction of sp³-hybridized carbons (Fsp3) is 0.267. The Bertz CT molecular complexity index is 784. The molecule has 3 heterocycles. The van der Waals surface area contributed by atoms with Gasteiger partial charge < -0.3 is 19.0 Å². The SMILES string of the molecule is C=Cc1coc(-c2coc(-c3coc([C@@H](N)C(C)C)n3)n2)n1. The van der Waals surface area contributed by atoms with E-state index in [0.29, 0.717) is 34.8 Å². The highest BCUT2D eigenvalue weighted by atomic mass is 16.4. The van der Waals surface area contributed by atoms with Gasteiger partial charge in [0.15, 0.2) is 11.4 Å². The predicted octanol–water partition coefficient (Wildman–Crippen LogP) is 3.28. The highest BCUT2D eigenvalue weighted by Gasteiger charge is 2.20. The summed E-state index contributed by atoms with van der Waals surface area (Å²) in [7, 11) is 0. The molecule has 0 fully saturated rings. The molecule has 0 unspecified atom stereocenters. The molecule has 114 valence electrons. The molecule has 0 saturated heterocycles. The first kappa shape index (κ1) is 14.3. The van der Waals surface area contributed by atoms with Crippen molar-refractivity contribution in [3.63, 3.8) is 0 Å². The van der Waals surface area contributed by atoms with Crippen molar-refractivity contribution < 1.29 is 13.3 Å². The van der Waals surface area contributed by atoms with E-state index in [1.54, 1.807) is 6.08 Å². The van der Waals surface area contributed by atoms with E-state index >= 15 is 0 Å². The summed E-state index contributed by atoms with van der Waals surface area (Å²) in [5.74, 6) is 1.35. The van der Waals surface area contributed by atoms with Crippen LogP contribution in [0.1, 0.15) is 31.5 Å². The first-order valence-electron chi connectivity index (χ1n) is 6.83. The molecule has 3 aromatic rings. The lowest BCUT2D eigenvalue weighted by Gasteiger charge is -2.10. The van der Waals surface area contributed by atoms with Crippen molar-refractivity contribution in [3.8, 4) is 23.2 Å². The fourth-order valence-corrected chi connectivity index (χ4v) is 1.81. The molecule has 0 saturated carbocycles. The van der Waals surface area contributed by atoms with Crippen LogP contribution >= 0.6 is 0 Å². The Balaban J connectivity index is 1.86. The van der Waals surface area contributed by atoms with Gasteiger partial charge >= 0.3 is 0 Å². The van der Waals surface area contributed by atoms with Gasteiger partial charge in [-0.05, 0) is 12.0 Å². The number of oxazole rings is 3. The minimum atomic E-state index is -0.273. The van der Waals surface area contributed by atoms with Crippen LogP contribution < -0.4 is 5.73 Å². The molecule has 0 aromatic carbocycles. The van der Waals surface area contributed by atoms with E-state index in [-0.39, 0.29) is 12.0 Å². The van der Waals surface area contributed by atoms with Crippen molar-refractivity contribution in [2.45, 2.75) is 19.9 Å². The van der Waals surface area contributed by atoms with Gasteiger partial charge in [0.1, 0.15) is 24.5 Å². The van der Waals surface area contributed by atoms with Crippen LogP contribution in [0.15, 0.2) is 38.6 Å². The van der Waals surface area contributed by atoms with Crippen molar-refractivity contribution >= 4 is 6.08 Å². The number of aromatic nitrogens is 3. The van der Waals surface area contributed by atoms with Crippen molar-refractivity contribution in [3.05, 3.63) is 37.0 Å². The van der Waals surface area contributed by atoms with Crippen LogP contribution in [0.25, 0.3) is 29.2 Å². The molecule has 7 heteroatoms. The van der Waals surface area contributed by atoms with Gasteiger partial charge in [-0.2, -0.15) is 0 Å². The van der Waals surface area contributed by atoms with E-state index in [2.05, 4.69) is 21.5 Å². The minimum absolute atomic E-state index is 0.219. The van der Waals surface area contributed by atoms with E-state index < -0.39 is 0 Å². The summed E-state index contributed by atoms with van der Waals surface area (Å²) in [4.78, 5) is 12.8. The molecule has 22 heavy (non-hydrogen) atoms. The van der Waals surface area contributed by atoms with Crippen LogP contribution in [0.4, 0.5) is 0 Å². The zero-order valence-corrected chi connectivity index (χ0v) is 12.3. The van der Waals surface area contributed by atoms with E-state index in [0.717, 1.165) is 0 Å². The van der Waals surface area contributed by atoms with Crippen molar-refractivity contribution in [1.29, 1.82) is 0 Å². The summed E-state index contributed by atoms with van der Waals surface area (Å²) in [6.07, 6.45) is 6.00. The molecule has 0 aliphatic rings. The predicted molar refractivity (Wildman–Crippen MR) is 79.4 cm³/mol. The molecule has 7 nitrogen and oxygen atoms in total. The van der Waals surface area contributed by atoms with Gasteiger partial charge in [-0.25, -0.2) is 15.0 Å². The van der Waals surface area contributed by atoms with E-state index in [1.165, 1.54) is 18.8 Å². The Labute approximate surface area is 126 Å². The number of hydrogen-bond acceptors (Lipinski definition) is 7. The van der Waals surface area contributed by atoms with Crippen LogP contribution in [0.3, 0.4) is 0 Å². The monoisotopic (exact) mass is 300 g/mol. The maximum Gasteiger partial charge on any atom is 0.249 e. The summed E-state index contributed by atoms with van der Waals surface area (Å²) >= 11 is 0. The number of hydrogen-bond donors (Lipinski definition) is 1. The van der Waals surface area contributed by atoms with Gasteiger partial charge in [-0.15, -0.1) is 0 Å². The van der Waals surface area contributed by atoms with E-state index in [4.69, 9.17) is 19.0 Å². The summed E-state index contributed by atoms with van der Waals surface area (Å²) in [5, 5.41) is 0. The van der Waals surface area contributed by atoms with E-state index in [1.807, 2.05) is 13.8 Å². The summed E-state index contributed by atoms with van der Waals surface area (Å²) in [5.41, 5.74) is 7.59. The third-order valence-corrected chi connectivity index (χ3v) is 3.20. The highest BCUT2D eigenvalue weighted by Crippen LogP contribution is 2.26. The second kappa shape index (κ2) is 5.61. The molecule has 1 atom stereocenters. The van der Waals surface area contributed by atoms with Crippen molar-refractivity contribution in [2.24, 2.45) is 11.7 Å². The molecule has 2 N–H and O–H groups in total. The summed E-state index contributed by atoms with van der Waals surface area (Å²) in [6, 6.07) is -0.273. The first-order chi connectivity index (χ1) is 10.6. The lowest BCUT2D eigenvalue weighted by Crippen LogP contribution is -2.16. The average Bonchev–Trinajstić information content (AvgIpc) is 3.23. The highest BCUT2D eigenvalue weighted by molar-refractivity contribution is 5.54. The normalized spacial score (nSPS) is 12.7. The molecule has 0 bridgehead atoms. The Kier molecular flexibility index (Phi) is 3.64. The largest absolute Gasteiger partial charge is 0.446 e. The molecule has 0 amide bonds. The van der Waals surface area contributed by atoms with Crippen LogP contribution in [-0.2, 0) is 0 Å². The topological polar surface area (TPSA) is 104 Å². The molecule has 0 spiro atoms. The minimum Gasteiger partial charge on any atom is -0.446 e. The van der Waals surface area contributed by atoms with Gasteiger partial charge in [-0.1, -0.05) is 20.4 Å². The standard InChI is InChI=1S/C15H16N4O3/c1-4-9-5-20-13(17-9)10-6-21-14(18-10)11-7-22-15(19-11)12(16)8(2)3/h4-8,12H,1,16H2,2-3H3/t12-/m0/s1. The van der Waals surface area contributed by atoms with Crippen LogP contribution in [-0.4, -0.2) is 15.0 Å². The summed E-state index contributed by atoms with van der Waals surface area (Å²) < 4.78 is 16.1. The number of nitrogens with two attached hydrogens (primary N) is 1. The smallest absolute Gasteiger partial charge is 0.249 e. The zero-order chi connectivity index (χ0) is 15.7. The van der Waals surface area contributed by atoms with Gasteiger partial charge in [0.25, 0.3) is 0 Å². The van der Waals surface area contributed by atoms with Gasteiger partial charge in [0.2, 0.25) is 17.7 Å². The molecular formula is C15H16N4O3. The lowest BCUT2D eigenvalue weighted by molar-refractivity contribution is 0.388. The molecule has 0 aliphatic heterocycles. The third kappa shape index (κ3) is 2.58. The zero-order valence-electron chi connectivity index (χ0n) is 12.3. The van der Waals surface area contributed by atoms with Gasteiger partial charge in [0.05, 0.1) is 6.04 Å². The van der Waals surface area contributed by atoms with Crippen molar-refractivity contribution in [1.82, 2.24) is 15.0 Å². The van der Waals surface area contributed by atoms with Gasteiger partial charge in [0, 0.05) is 0 Å². The Hall–Kier alpha value is -2.67. The number of rotatable bonds is 5. The second-order valence-corrected chi connectivity index (χ2v) is 5.16. The van der Waals surface area contributed by atoms with E-state index in [9.17, 15) is 0 Å².